The number of likely N-dealkylation sites (N-methyl/N-ethyl adjacent to an activating group) is 1. The van der Waals surface area contributed by atoms with Gasteiger partial charge in [0.25, 0.3) is 0 Å². The van der Waals surface area contributed by atoms with Gasteiger partial charge in [-0.15, -0.1) is 0 Å². The monoisotopic (exact) mass is 2010 g/mol. The summed E-state index contributed by atoms with van der Waals surface area (Å²) in [6.45, 7) is 20.0. The summed E-state index contributed by atoms with van der Waals surface area (Å²) in [5, 5.41) is 66.3. The zero-order valence-corrected chi connectivity index (χ0v) is 81.5. The molecule has 36 nitrogen and oxygen atoms in total. The second-order valence-electron chi connectivity index (χ2n) is 34.2. The number of nitrogens with zero attached hydrogens (tertiary/aromatic N) is 1. The summed E-state index contributed by atoms with van der Waals surface area (Å²) in [6, 6.07) is 2.70. The van der Waals surface area contributed by atoms with Crippen molar-refractivity contribution in [1.82, 2.24) is 21.0 Å². The number of ether oxygens (including phenoxy) is 13. The molecule has 2 aromatic carbocycles. The lowest BCUT2D eigenvalue weighted by Crippen LogP contribution is -2.69. The summed E-state index contributed by atoms with van der Waals surface area (Å²) < 4.78 is 80.5. The van der Waals surface area contributed by atoms with E-state index in [2.05, 4.69) is 45.1 Å². The maximum atomic E-state index is 14.7. The molecule has 40 heteroatoms. The van der Waals surface area contributed by atoms with Gasteiger partial charge < -0.3 is 129 Å². The fourth-order valence-corrected chi connectivity index (χ4v) is 21.5. The van der Waals surface area contributed by atoms with E-state index in [0.717, 1.165) is 11.8 Å². The normalized spacial score (nSPS) is 30.7. The number of halogens is 1. The van der Waals surface area contributed by atoms with Crippen molar-refractivity contribution in [3.05, 3.63) is 67.8 Å². The van der Waals surface area contributed by atoms with Crippen molar-refractivity contribution in [3.63, 3.8) is 0 Å². The van der Waals surface area contributed by atoms with E-state index >= 15 is 0 Å². The zero-order chi connectivity index (χ0) is 96.2. The molecule has 3 aliphatic carbocycles. The SMILES string of the molecule is CCOC(=O)C(C)SSC/C=C1\C2[C@@H](O[C@@H]3O[C@H](C)[C@@H](NO[C@H]4C[C@H](O)[C@H](SC(=O)c5c(C)c(I)c(O[C@@H]6O[C@@H](C)[C@H](O)[C@@H](OC)[C@H]6O)c(OC)c5OC)[C@@H](C)O4)[C@H](O)[C@H]3O[C@H]3C[C@H](OC)[C@@H](N(CC)C(=O)OCc4ccc(NC(=O)[C@H](CCCNC(N)=O)CC(=O)[C@@H](NC(=O)[C@H](CCCCN)CC(C)=O)C(C)C)cc4)CO3)C#C/C=C(/C)C#CC23C(CC(C)=O)C(=O)C[C@]13O. The van der Waals surface area contributed by atoms with Crippen molar-refractivity contribution in [2.75, 3.05) is 72.4 Å². The Morgan fingerprint density at radius 2 is 1.49 bits per heavy atom. The number of urea groups is 1. The molecule has 7 aliphatic rings. The van der Waals surface area contributed by atoms with E-state index in [9.17, 15) is 73.5 Å². The Bertz CT molecular complexity index is 4540. The quantitative estimate of drug-likeness (QED) is 0.00622. The molecule has 4 aliphatic heterocycles. The van der Waals surface area contributed by atoms with Crippen LogP contribution in [0.15, 0.2) is 47.6 Å². The van der Waals surface area contributed by atoms with Gasteiger partial charge in [-0.2, -0.15) is 5.48 Å². The number of anilines is 1. The molecule has 9 rings (SSSR count). The van der Waals surface area contributed by atoms with Gasteiger partial charge in [0.05, 0.1) is 95.9 Å². The number of ketones is 4. The third-order valence-electron chi connectivity index (χ3n) is 24.7. The maximum Gasteiger partial charge on any atom is 0.410 e. The number of nitrogens with one attached hydrogen (secondary N) is 4. The molecular formula is C91H128IN7O29S3. The second kappa shape index (κ2) is 49.6. The maximum absolute atomic E-state index is 14.7. The van der Waals surface area contributed by atoms with E-state index in [-0.39, 0.29) is 124 Å². The van der Waals surface area contributed by atoms with Crippen molar-refractivity contribution < 1.29 is 140 Å². The molecular weight excluding hydrogens is 1880 g/mol. The number of amides is 5. The van der Waals surface area contributed by atoms with Crippen molar-refractivity contribution in [2.24, 2.45) is 46.5 Å². The highest BCUT2D eigenvalue weighted by atomic mass is 127. The second-order valence-corrected chi connectivity index (χ2v) is 39.2. The first-order valence-corrected chi connectivity index (χ1v) is 48.5. The number of carbonyl (C=O) groups is 10. The lowest BCUT2D eigenvalue weighted by atomic mass is 9.44. The van der Waals surface area contributed by atoms with Crippen LogP contribution in [0.4, 0.5) is 15.3 Å². The molecule has 131 heavy (non-hydrogen) atoms. The van der Waals surface area contributed by atoms with E-state index in [0.29, 0.717) is 57.3 Å². The molecule has 0 bridgehead atoms. The number of unbranched alkanes of at least 4 members (excludes halogenated alkanes) is 1. The van der Waals surface area contributed by atoms with E-state index in [1.807, 2.05) is 22.6 Å². The highest BCUT2D eigenvalue weighted by Gasteiger charge is 2.78. The Morgan fingerprint density at radius 3 is 2.12 bits per heavy atom. The molecule has 5 amide bonds. The first kappa shape index (κ1) is 108. The van der Waals surface area contributed by atoms with E-state index < -0.39 is 209 Å². The Morgan fingerprint density at radius 1 is 0.794 bits per heavy atom. The van der Waals surface area contributed by atoms with Crippen LogP contribution in [0.3, 0.4) is 0 Å². The first-order valence-electron chi connectivity index (χ1n) is 44.2. The molecule has 26 atom stereocenters. The van der Waals surface area contributed by atoms with Crippen LogP contribution < -0.4 is 47.1 Å². The molecule has 6 fully saturated rings. The number of esters is 1. The highest BCUT2D eigenvalue weighted by molar-refractivity contribution is 14.1. The molecule has 13 N–H and O–H groups in total. The Kier molecular flexibility index (Phi) is 40.7. The number of rotatable bonds is 45. The molecule has 4 saturated heterocycles. The van der Waals surface area contributed by atoms with E-state index in [1.165, 1.54) is 68.8 Å². The Balaban J connectivity index is 0.930. The number of methoxy groups -OCH3 is 4. The van der Waals surface area contributed by atoms with Crippen LogP contribution in [0, 0.1) is 69.2 Å². The fraction of sp³-hybridized carbons (Fsp3) is 0.670. The smallest absolute Gasteiger partial charge is 0.410 e. The Labute approximate surface area is 790 Å². The van der Waals surface area contributed by atoms with Gasteiger partial charge in [0, 0.05) is 107 Å². The first-order chi connectivity index (χ1) is 62.3. The van der Waals surface area contributed by atoms with Crippen LogP contribution in [0.25, 0.3) is 0 Å². The number of hydrogen-bond donors (Lipinski definition) is 11. The van der Waals surface area contributed by atoms with Gasteiger partial charge in [-0.3, -0.25) is 33.6 Å². The van der Waals surface area contributed by atoms with Crippen LogP contribution in [0.2, 0.25) is 0 Å². The lowest BCUT2D eigenvalue weighted by molar-refractivity contribution is -0.343. The molecule has 0 radical (unpaired) electrons. The molecule has 4 heterocycles. The topological polar surface area (TPSA) is 504 Å². The predicted octanol–water partition coefficient (Wildman–Crippen LogP) is 6.74. The third kappa shape index (κ3) is 26.2. The van der Waals surface area contributed by atoms with Crippen LogP contribution in [-0.4, -0.2) is 282 Å². The molecule has 1 spiro atoms. The molecule has 2 saturated carbocycles. The molecule has 4 unspecified atom stereocenters. The standard InChI is InChI=1S/C91H128IN7O29S3/c1-17-99(89(113)121-43-54-27-29-57(30-28-54)96-82(108)56(25-22-35-95-88(94)112)39-61(102)71(45(3)4)97-83(109)55(37-47(6)100)24-19-20-34-93)60-44-120-66(41-65(60)115-13)126-79-74(106)72(98-128-67-40-62(103)81(52(11)122-67)130-85(111)68-49(8)70(92)77(80(118-16)76(68)116-14)127-86-75(107)78(117-15)73(105)51(10)124-86)50(9)123-87(79)125-64-26-21-23-46(5)31-33-90-59(38-48(7)101)63(104)42-91(90,114)58(69(64)90)32-36-129-131-53(12)84(110)119-18-2/h23,27-30,32,45,50-53,55-56,59-60,62,64-67,69,71-75,78-79,81,86-87,98,103,105-107,114H,17-20,22,24-25,34-44,93H2,1-16H3,(H,96,108)(H,97,109)(H3,94,95,112)/b46-23-,58-32+/t50-,51+,52-,53?,55-,56-,59?,60+,62+,64+,65+,66+,67+,69?,71+,72-,73+,74+,75-,78-,79-,81-,86+,87+,90?,91+/m1/s1. The summed E-state index contributed by atoms with van der Waals surface area (Å²) in [5.74, 6) is 6.08. The molecule has 0 aromatic heterocycles. The molecule has 726 valence electrons. The number of Topliss-reactive ketones (excluding diaryl/α,β-unsaturated/α-hetero) is 4. The zero-order valence-electron chi connectivity index (χ0n) is 76.9. The summed E-state index contributed by atoms with van der Waals surface area (Å²) >= 11 is 2.77. The fourth-order valence-electron chi connectivity index (χ4n) is 17.8. The summed E-state index contributed by atoms with van der Waals surface area (Å²) in [5.41, 5.74) is 12.5. The summed E-state index contributed by atoms with van der Waals surface area (Å²) in [7, 11) is 8.01. The third-order valence-corrected chi connectivity index (χ3v) is 29.9. The van der Waals surface area contributed by atoms with Crippen molar-refractivity contribution in [1.29, 1.82) is 0 Å². The van der Waals surface area contributed by atoms with Crippen LogP contribution in [-0.2, 0) is 92.4 Å². The summed E-state index contributed by atoms with van der Waals surface area (Å²) in [6.07, 6.45) is -15.2. The Hall–Kier alpha value is -7.12. The highest BCUT2D eigenvalue weighted by Crippen LogP contribution is 2.70. The van der Waals surface area contributed by atoms with Gasteiger partial charge >= 0.3 is 18.1 Å². The molecule has 2 aromatic rings. The number of thioether (sulfide) groups is 1. The van der Waals surface area contributed by atoms with E-state index in [1.54, 1.807) is 106 Å². The number of aliphatic hydroxyl groups excluding tert-OH is 4. The number of carbonyl (C=O) groups excluding carboxylic acids is 10. The summed E-state index contributed by atoms with van der Waals surface area (Å²) in [4.78, 5) is 143. The van der Waals surface area contributed by atoms with Crippen molar-refractivity contribution >= 4 is 120 Å². The van der Waals surface area contributed by atoms with Gasteiger partial charge in [-0.25, -0.2) is 9.59 Å². The number of aliphatic hydroxyl groups is 5. The van der Waals surface area contributed by atoms with Gasteiger partial charge in [-0.05, 0) is 165 Å². The van der Waals surface area contributed by atoms with Gasteiger partial charge in [0.2, 0.25) is 29.0 Å². The number of nitrogens with two attached hydrogens (primary N) is 2. The number of hydrogen-bond acceptors (Lipinski definition) is 34. The predicted molar refractivity (Wildman–Crippen MR) is 491 cm³/mol. The van der Waals surface area contributed by atoms with Crippen molar-refractivity contribution in [3.8, 4) is 40.9 Å². The van der Waals surface area contributed by atoms with Gasteiger partial charge in [-0.1, -0.05) is 95.5 Å². The largest absolute Gasteiger partial charge is 0.492 e. The number of primary amides is 1. The van der Waals surface area contributed by atoms with E-state index in [4.69, 9.17) is 77.9 Å². The van der Waals surface area contributed by atoms with Crippen molar-refractivity contribution in [2.45, 2.75) is 287 Å². The van der Waals surface area contributed by atoms with Gasteiger partial charge in [0.1, 0.15) is 71.4 Å². The average Bonchev–Trinajstić information content (AvgIpc) is 1.49. The minimum Gasteiger partial charge on any atom is -0.492 e. The lowest BCUT2D eigenvalue weighted by Gasteiger charge is -2.60. The van der Waals surface area contributed by atoms with Crippen LogP contribution in [0.1, 0.15) is 168 Å². The van der Waals surface area contributed by atoms with Crippen LogP contribution in [0.5, 0.6) is 17.2 Å². The van der Waals surface area contributed by atoms with Crippen LogP contribution >= 0.6 is 55.9 Å². The number of hydroxylamine groups is 1. The number of benzene rings is 2. The average molecular weight is 2010 g/mol. The van der Waals surface area contributed by atoms with Gasteiger partial charge in [0.15, 0.2) is 36.2 Å². The number of allylic oxidation sites excluding steroid dienone is 2. The minimum absolute atomic E-state index is 0.00618. The minimum atomic E-state index is -1.93.